The molecule has 0 amide bonds. The highest BCUT2D eigenvalue weighted by molar-refractivity contribution is 5.60. The van der Waals surface area contributed by atoms with Crippen molar-refractivity contribution < 1.29 is 39.9 Å². The number of ether oxygens (including phenoxy) is 1. The first-order valence-corrected chi connectivity index (χ1v) is 10.5. The van der Waals surface area contributed by atoms with Crippen molar-refractivity contribution in [1.82, 2.24) is 0 Å². The molecule has 0 aliphatic heterocycles. The van der Waals surface area contributed by atoms with Gasteiger partial charge in [-0.2, -0.15) is 30.7 Å². The van der Waals surface area contributed by atoms with Crippen molar-refractivity contribution in [3.63, 3.8) is 0 Å². The molecule has 0 bridgehead atoms. The van der Waals surface area contributed by atoms with Crippen molar-refractivity contribution >= 4 is 5.69 Å². The van der Waals surface area contributed by atoms with Crippen LogP contribution >= 0.6 is 0 Å². The molecule has 1 heterocycles. The number of hydrogen-bond acceptors (Lipinski definition) is 3. The molecule has 188 valence electrons. The van der Waals surface area contributed by atoms with E-state index in [4.69, 9.17) is 9.15 Å². The van der Waals surface area contributed by atoms with Gasteiger partial charge in [-0.1, -0.05) is 36.4 Å². The molecule has 0 atom stereocenters. The second kappa shape index (κ2) is 9.60. The standard InChI is InChI=1S/C26H18F7NO2/c27-24(28,25(29,30)26(31,32)33)19-7-1-5-17(13-19)16-34-20-8-3-10-22(15-20)36-21-9-2-6-18(14-21)23-11-4-12-35-23/h1-15,34H,16H2. The zero-order chi connectivity index (χ0) is 26.0. The number of nitrogens with one attached hydrogen (secondary N) is 1. The third-order valence-electron chi connectivity index (χ3n) is 5.25. The van der Waals surface area contributed by atoms with Crippen molar-refractivity contribution in [2.45, 2.75) is 24.6 Å². The first-order chi connectivity index (χ1) is 17.0. The first-order valence-electron chi connectivity index (χ1n) is 10.5. The lowest BCUT2D eigenvalue weighted by Crippen LogP contribution is -2.50. The molecule has 0 aliphatic carbocycles. The van der Waals surface area contributed by atoms with Gasteiger partial charge in [-0.3, -0.25) is 0 Å². The fraction of sp³-hybridized carbons (Fsp3) is 0.154. The molecule has 0 saturated heterocycles. The van der Waals surface area contributed by atoms with Gasteiger partial charge in [0.2, 0.25) is 0 Å². The van der Waals surface area contributed by atoms with Gasteiger partial charge >= 0.3 is 18.0 Å². The fourth-order valence-electron chi connectivity index (χ4n) is 3.40. The average Bonchev–Trinajstić information content (AvgIpc) is 3.38. The predicted octanol–water partition coefficient (Wildman–Crippen LogP) is 8.64. The molecule has 10 heteroatoms. The highest BCUT2D eigenvalue weighted by Crippen LogP contribution is 2.51. The number of alkyl halides is 7. The molecule has 0 fully saturated rings. The summed E-state index contributed by atoms with van der Waals surface area (Å²) in [6, 6.07) is 20.8. The minimum absolute atomic E-state index is 0.0858. The highest BCUT2D eigenvalue weighted by Gasteiger charge is 2.73. The molecule has 0 radical (unpaired) electrons. The molecular formula is C26H18F7NO2. The number of hydrogen-bond donors (Lipinski definition) is 1. The molecule has 0 unspecified atom stereocenters. The maximum absolute atomic E-state index is 14.0. The Morgan fingerprint density at radius 3 is 2.11 bits per heavy atom. The van der Waals surface area contributed by atoms with Crippen LogP contribution in [0.4, 0.5) is 36.4 Å². The molecule has 0 saturated carbocycles. The van der Waals surface area contributed by atoms with Crippen LogP contribution < -0.4 is 10.1 Å². The fourth-order valence-corrected chi connectivity index (χ4v) is 3.40. The van der Waals surface area contributed by atoms with Crippen LogP contribution in [0.5, 0.6) is 11.5 Å². The predicted molar refractivity (Wildman–Crippen MR) is 119 cm³/mol. The van der Waals surface area contributed by atoms with Crippen molar-refractivity contribution in [1.29, 1.82) is 0 Å². The molecule has 36 heavy (non-hydrogen) atoms. The smallest absolute Gasteiger partial charge is 0.460 e. The molecule has 3 nitrogen and oxygen atoms in total. The van der Waals surface area contributed by atoms with Gasteiger partial charge < -0.3 is 14.5 Å². The van der Waals surface area contributed by atoms with Crippen LogP contribution in [-0.2, 0) is 12.5 Å². The molecule has 4 aromatic rings. The van der Waals surface area contributed by atoms with Gasteiger partial charge in [0.15, 0.2) is 0 Å². The lowest BCUT2D eigenvalue weighted by atomic mass is 9.99. The number of furan rings is 1. The van der Waals surface area contributed by atoms with E-state index in [1.165, 1.54) is 6.07 Å². The van der Waals surface area contributed by atoms with E-state index in [-0.39, 0.29) is 12.1 Å². The lowest BCUT2D eigenvalue weighted by Gasteiger charge is -2.28. The Morgan fingerprint density at radius 2 is 1.42 bits per heavy atom. The second-order valence-corrected chi connectivity index (χ2v) is 7.84. The van der Waals surface area contributed by atoms with E-state index in [1.807, 2.05) is 6.07 Å². The van der Waals surface area contributed by atoms with Gasteiger partial charge in [-0.15, -0.1) is 0 Å². The summed E-state index contributed by atoms with van der Waals surface area (Å²) in [4.78, 5) is 0. The molecule has 1 aromatic heterocycles. The minimum Gasteiger partial charge on any atom is -0.464 e. The monoisotopic (exact) mass is 509 g/mol. The average molecular weight is 509 g/mol. The van der Waals surface area contributed by atoms with E-state index in [9.17, 15) is 30.7 Å². The van der Waals surface area contributed by atoms with Crippen LogP contribution in [0.3, 0.4) is 0 Å². The van der Waals surface area contributed by atoms with Crippen LogP contribution in [0.25, 0.3) is 11.3 Å². The third-order valence-corrected chi connectivity index (χ3v) is 5.25. The molecule has 3 aromatic carbocycles. The van der Waals surface area contributed by atoms with E-state index in [0.717, 1.165) is 11.6 Å². The van der Waals surface area contributed by atoms with E-state index in [2.05, 4.69) is 5.32 Å². The van der Waals surface area contributed by atoms with Crippen molar-refractivity contribution in [2.24, 2.45) is 0 Å². The van der Waals surface area contributed by atoms with Gasteiger partial charge in [0.25, 0.3) is 0 Å². The number of benzene rings is 3. The summed E-state index contributed by atoms with van der Waals surface area (Å²) in [6.07, 6.45) is -4.85. The van der Waals surface area contributed by atoms with E-state index in [1.54, 1.807) is 60.9 Å². The first kappa shape index (κ1) is 25.2. The lowest BCUT2D eigenvalue weighted by molar-refractivity contribution is -0.359. The second-order valence-electron chi connectivity index (χ2n) is 7.84. The van der Waals surface area contributed by atoms with Gasteiger partial charge in [-0.25, -0.2) is 0 Å². The Balaban J connectivity index is 1.46. The number of anilines is 1. The Kier molecular flexibility index (Phi) is 6.71. The summed E-state index contributed by atoms with van der Waals surface area (Å²) in [5.74, 6) is -10.0. The molecule has 0 aliphatic rings. The van der Waals surface area contributed by atoms with Gasteiger partial charge in [0.1, 0.15) is 17.3 Å². The summed E-state index contributed by atoms with van der Waals surface area (Å²) in [5.41, 5.74) is -0.0349. The largest absolute Gasteiger partial charge is 0.464 e. The Bertz CT molecular complexity index is 1320. The van der Waals surface area contributed by atoms with Crippen LogP contribution in [0.1, 0.15) is 11.1 Å². The maximum atomic E-state index is 14.0. The quantitative estimate of drug-likeness (QED) is 0.242. The van der Waals surface area contributed by atoms with Crippen molar-refractivity contribution in [3.8, 4) is 22.8 Å². The molecule has 4 rings (SSSR count). The molecule has 0 spiro atoms. The summed E-state index contributed by atoms with van der Waals surface area (Å²) in [6.45, 7) is -0.112. The van der Waals surface area contributed by atoms with Gasteiger partial charge in [0, 0.05) is 29.4 Å². The Labute approximate surface area is 201 Å². The minimum atomic E-state index is -6.40. The van der Waals surface area contributed by atoms with Gasteiger partial charge in [0.05, 0.1) is 6.26 Å². The van der Waals surface area contributed by atoms with Gasteiger partial charge in [-0.05, 0) is 48.0 Å². The summed E-state index contributed by atoms with van der Waals surface area (Å²) >= 11 is 0. The SMILES string of the molecule is FC(F)(F)C(F)(F)C(F)(F)c1cccc(CNc2cccc(Oc3cccc(-c4ccco4)c3)c2)c1. The third kappa shape index (κ3) is 5.17. The highest BCUT2D eigenvalue weighted by atomic mass is 19.4. The normalized spacial score (nSPS) is 12.4. The molecule has 1 N–H and O–H groups in total. The number of rotatable bonds is 8. The van der Waals surface area contributed by atoms with Crippen LogP contribution in [0.2, 0.25) is 0 Å². The van der Waals surface area contributed by atoms with Crippen LogP contribution in [0.15, 0.2) is 95.6 Å². The van der Waals surface area contributed by atoms with Crippen LogP contribution in [0, 0.1) is 0 Å². The van der Waals surface area contributed by atoms with Crippen molar-refractivity contribution in [2.75, 3.05) is 5.32 Å². The van der Waals surface area contributed by atoms with E-state index in [0.29, 0.717) is 35.1 Å². The maximum Gasteiger partial charge on any atom is 0.460 e. The Hall–Kier alpha value is -3.95. The number of halogens is 7. The van der Waals surface area contributed by atoms with Crippen molar-refractivity contribution in [3.05, 3.63) is 102 Å². The zero-order valence-corrected chi connectivity index (χ0v) is 18.3. The summed E-state index contributed by atoms with van der Waals surface area (Å²) in [7, 11) is 0. The summed E-state index contributed by atoms with van der Waals surface area (Å²) in [5, 5.41) is 2.92. The Morgan fingerprint density at radius 1 is 0.722 bits per heavy atom. The summed E-state index contributed by atoms with van der Waals surface area (Å²) < 4.78 is 104. The zero-order valence-electron chi connectivity index (χ0n) is 18.3. The van der Waals surface area contributed by atoms with Crippen LogP contribution in [-0.4, -0.2) is 12.1 Å². The molecular weight excluding hydrogens is 491 g/mol. The topological polar surface area (TPSA) is 34.4 Å². The van der Waals surface area contributed by atoms with E-state index >= 15 is 0 Å². The van der Waals surface area contributed by atoms with E-state index < -0.39 is 23.6 Å².